The third kappa shape index (κ3) is 3.60. The number of carbonyl (C=O) groups excluding carboxylic acids is 1. The minimum absolute atomic E-state index is 0.219. The van der Waals surface area contributed by atoms with Crippen LogP contribution in [0.15, 0.2) is 72.9 Å². The number of hydrogen-bond donors (Lipinski definition) is 1. The number of para-hydroxylation sites is 1. The monoisotopic (exact) mass is 317 g/mol. The molecule has 0 saturated heterocycles. The number of hydrogen-bond acceptors (Lipinski definition) is 3. The first-order chi connectivity index (χ1) is 11.6. The molecule has 0 unspecified atom stereocenters. The van der Waals surface area contributed by atoms with Crippen molar-refractivity contribution in [3.8, 4) is 0 Å². The zero-order valence-electron chi connectivity index (χ0n) is 13.7. The molecule has 3 rings (SSSR count). The Balaban J connectivity index is 1.81. The van der Waals surface area contributed by atoms with Crippen LogP contribution in [-0.4, -0.2) is 17.9 Å². The number of nitrogens with zero attached hydrogens (tertiary/aromatic N) is 2. The normalized spacial score (nSPS) is 10.2. The van der Waals surface area contributed by atoms with Gasteiger partial charge in [-0.2, -0.15) is 0 Å². The van der Waals surface area contributed by atoms with Crippen molar-refractivity contribution in [1.29, 1.82) is 0 Å². The predicted octanol–water partition coefficient (Wildman–Crippen LogP) is 4.41. The Morgan fingerprint density at radius 1 is 0.958 bits per heavy atom. The summed E-state index contributed by atoms with van der Waals surface area (Å²) in [5, 5.41) is 2.88. The molecule has 24 heavy (non-hydrogen) atoms. The molecule has 4 heteroatoms. The van der Waals surface area contributed by atoms with Gasteiger partial charge < -0.3 is 10.2 Å². The fourth-order valence-electron chi connectivity index (χ4n) is 2.47. The van der Waals surface area contributed by atoms with E-state index in [0.717, 1.165) is 22.6 Å². The lowest BCUT2D eigenvalue weighted by Gasteiger charge is -2.19. The van der Waals surface area contributed by atoms with Gasteiger partial charge in [0.25, 0.3) is 5.91 Å². The number of carbonyl (C=O) groups is 1. The average Bonchev–Trinajstić information content (AvgIpc) is 2.62. The van der Waals surface area contributed by atoms with Crippen LogP contribution in [-0.2, 0) is 0 Å². The van der Waals surface area contributed by atoms with E-state index in [9.17, 15) is 4.79 Å². The number of amides is 1. The first kappa shape index (κ1) is 15.7. The Morgan fingerprint density at radius 2 is 1.75 bits per heavy atom. The summed E-state index contributed by atoms with van der Waals surface area (Å²) in [5.74, 6) is -0.219. The second-order valence-corrected chi connectivity index (χ2v) is 5.62. The molecule has 0 aliphatic carbocycles. The second kappa shape index (κ2) is 6.96. The lowest BCUT2D eigenvalue weighted by atomic mass is 10.2. The van der Waals surface area contributed by atoms with Crippen molar-refractivity contribution < 1.29 is 4.79 Å². The predicted molar refractivity (Wildman–Crippen MR) is 97.9 cm³/mol. The van der Waals surface area contributed by atoms with Crippen molar-refractivity contribution in [2.24, 2.45) is 0 Å². The molecule has 3 aromatic rings. The smallest absolute Gasteiger partial charge is 0.274 e. The Kier molecular flexibility index (Phi) is 4.57. The SMILES string of the molecule is Cc1cccc(NC(=O)c2cc(N(C)c3ccccc3)ccn2)c1. The number of aromatic nitrogens is 1. The zero-order chi connectivity index (χ0) is 16.9. The van der Waals surface area contributed by atoms with Gasteiger partial charge in [-0.3, -0.25) is 9.78 Å². The largest absolute Gasteiger partial charge is 0.345 e. The van der Waals surface area contributed by atoms with Gasteiger partial charge in [0.1, 0.15) is 5.69 Å². The number of anilines is 3. The fourth-order valence-corrected chi connectivity index (χ4v) is 2.47. The van der Waals surface area contributed by atoms with Gasteiger partial charge in [-0.15, -0.1) is 0 Å². The topological polar surface area (TPSA) is 45.2 Å². The van der Waals surface area contributed by atoms with E-state index in [-0.39, 0.29) is 5.91 Å². The van der Waals surface area contributed by atoms with E-state index in [2.05, 4.69) is 10.3 Å². The van der Waals surface area contributed by atoms with Crippen LogP contribution in [0, 0.1) is 6.92 Å². The maximum absolute atomic E-state index is 12.4. The Hall–Kier alpha value is -3.14. The minimum atomic E-state index is -0.219. The maximum Gasteiger partial charge on any atom is 0.274 e. The van der Waals surface area contributed by atoms with Crippen molar-refractivity contribution in [3.05, 3.63) is 84.2 Å². The van der Waals surface area contributed by atoms with E-state index in [1.54, 1.807) is 12.3 Å². The Morgan fingerprint density at radius 3 is 2.50 bits per heavy atom. The van der Waals surface area contributed by atoms with Crippen molar-refractivity contribution in [1.82, 2.24) is 4.98 Å². The molecule has 0 atom stereocenters. The summed E-state index contributed by atoms with van der Waals surface area (Å²) >= 11 is 0. The van der Waals surface area contributed by atoms with Crippen LogP contribution in [0.4, 0.5) is 17.1 Å². The van der Waals surface area contributed by atoms with Crippen molar-refractivity contribution in [2.45, 2.75) is 6.92 Å². The van der Waals surface area contributed by atoms with Crippen LogP contribution in [0.5, 0.6) is 0 Å². The molecule has 0 spiro atoms. The number of pyridine rings is 1. The number of benzene rings is 2. The highest BCUT2D eigenvalue weighted by Crippen LogP contribution is 2.23. The molecule has 0 saturated carbocycles. The highest BCUT2D eigenvalue weighted by Gasteiger charge is 2.11. The van der Waals surface area contributed by atoms with E-state index in [1.807, 2.05) is 79.5 Å². The van der Waals surface area contributed by atoms with Crippen LogP contribution in [0.1, 0.15) is 16.1 Å². The van der Waals surface area contributed by atoms with Crippen LogP contribution in [0.2, 0.25) is 0 Å². The number of rotatable bonds is 4. The lowest BCUT2D eigenvalue weighted by molar-refractivity contribution is 0.102. The molecule has 120 valence electrons. The van der Waals surface area contributed by atoms with Gasteiger partial charge in [-0.05, 0) is 48.9 Å². The number of aryl methyl sites for hydroxylation is 1. The van der Waals surface area contributed by atoms with Crippen molar-refractivity contribution in [2.75, 3.05) is 17.3 Å². The molecule has 1 aromatic heterocycles. The van der Waals surface area contributed by atoms with E-state index in [4.69, 9.17) is 0 Å². The minimum Gasteiger partial charge on any atom is -0.345 e. The molecule has 1 N–H and O–H groups in total. The van der Waals surface area contributed by atoms with Gasteiger partial charge >= 0.3 is 0 Å². The number of nitrogens with one attached hydrogen (secondary N) is 1. The molecule has 1 heterocycles. The summed E-state index contributed by atoms with van der Waals surface area (Å²) in [5.41, 5.74) is 4.21. The molecule has 0 aliphatic heterocycles. The van der Waals surface area contributed by atoms with E-state index in [0.29, 0.717) is 5.69 Å². The summed E-state index contributed by atoms with van der Waals surface area (Å²) < 4.78 is 0. The van der Waals surface area contributed by atoms with Gasteiger partial charge in [0.2, 0.25) is 0 Å². The molecular weight excluding hydrogens is 298 g/mol. The first-order valence-corrected chi connectivity index (χ1v) is 7.76. The molecular formula is C20H19N3O. The highest BCUT2D eigenvalue weighted by molar-refractivity contribution is 6.03. The third-order valence-electron chi connectivity index (χ3n) is 3.78. The van der Waals surface area contributed by atoms with Crippen LogP contribution < -0.4 is 10.2 Å². The van der Waals surface area contributed by atoms with E-state index < -0.39 is 0 Å². The molecule has 0 fully saturated rings. The summed E-state index contributed by atoms with van der Waals surface area (Å²) in [6, 6.07) is 21.4. The van der Waals surface area contributed by atoms with Crippen LogP contribution in [0.3, 0.4) is 0 Å². The average molecular weight is 317 g/mol. The van der Waals surface area contributed by atoms with Gasteiger partial charge in [-0.1, -0.05) is 30.3 Å². The second-order valence-electron chi connectivity index (χ2n) is 5.62. The lowest BCUT2D eigenvalue weighted by Crippen LogP contribution is -2.15. The van der Waals surface area contributed by atoms with E-state index >= 15 is 0 Å². The zero-order valence-corrected chi connectivity index (χ0v) is 13.7. The summed E-state index contributed by atoms with van der Waals surface area (Å²) in [6.45, 7) is 1.99. The van der Waals surface area contributed by atoms with Crippen LogP contribution in [0.25, 0.3) is 0 Å². The summed E-state index contributed by atoms with van der Waals surface area (Å²) in [4.78, 5) is 18.7. The van der Waals surface area contributed by atoms with Gasteiger partial charge in [-0.25, -0.2) is 0 Å². The molecule has 1 amide bonds. The molecule has 0 aliphatic rings. The molecule has 2 aromatic carbocycles. The third-order valence-corrected chi connectivity index (χ3v) is 3.78. The summed E-state index contributed by atoms with van der Waals surface area (Å²) in [6.07, 6.45) is 1.65. The van der Waals surface area contributed by atoms with E-state index in [1.165, 1.54) is 0 Å². The van der Waals surface area contributed by atoms with Gasteiger partial charge in [0, 0.05) is 30.3 Å². The van der Waals surface area contributed by atoms with Gasteiger partial charge in [0.15, 0.2) is 0 Å². The molecule has 4 nitrogen and oxygen atoms in total. The maximum atomic E-state index is 12.4. The van der Waals surface area contributed by atoms with Gasteiger partial charge in [0.05, 0.1) is 0 Å². The molecule has 0 bridgehead atoms. The highest BCUT2D eigenvalue weighted by atomic mass is 16.1. The Labute approximate surface area is 141 Å². The van der Waals surface area contributed by atoms with Crippen molar-refractivity contribution >= 4 is 23.0 Å². The molecule has 0 radical (unpaired) electrons. The Bertz CT molecular complexity index is 846. The fraction of sp³-hybridized carbons (Fsp3) is 0.100. The first-order valence-electron chi connectivity index (χ1n) is 7.76. The van der Waals surface area contributed by atoms with Crippen LogP contribution >= 0.6 is 0 Å². The summed E-state index contributed by atoms with van der Waals surface area (Å²) in [7, 11) is 1.97. The van der Waals surface area contributed by atoms with Crippen molar-refractivity contribution in [3.63, 3.8) is 0 Å². The quantitative estimate of drug-likeness (QED) is 0.775. The standard InChI is InChI=1S/C20H19N3O/c1-15-7-6-8-16(13-15)22-20(24)19-14-18(11-12-21-19)23(2)17-9-4-3-5-10-17/h3-14H,1-2H3,(H,22,24).